The van der Waals surface area contributed by atoms with Gasteiger partial charge in [0.05, 0.1) is 6.54 Å². The lowest BCUT2D eigenvalue weighted by Gasteiger charge is -2.36. The van der Waals surface area contributed by atoms with Crippen molar-refractivity contribution in [3.8, 4) is 0 Å². The number of alkyl halides is 3. The lowest BCUT2D eigenvalue weighted by atomic mass is 10.2. The number of hydrogen-bond acceptors (Lipinski definition) is 3. The van der Waals surface area contributed by atoms with Gasteiger partial charge >= 0.3 is 6.18 Å². The molecule has 0 radical (unpaired) electrons. The Morgan fingerprint density at radius 3 is 2.50 bits per heavy atom. The molecule has 120 valence electrons. The van der Waals surface area contributed by atoms with Gasteiger partial charge < -0.3 is 10.2 Å². The highest BCUT2D eigenvalue weighted by atomic mass is 35.5. The van der Waals surface area contributed by atoms with Gasteiger partial charge in [0.25, 0.3) is 0 Å². The maximum Gasteiger partial charge on any atom is 0.406 e. The molecule has 0 bridgehead atoms. The Hall–Kier alpha value is -0.530. The Kier molecular flexibility index (Phi) is 7.83. The van der Waals surface area contributed by atoms with E-state index in [1.54, 1.807) is 13.8 Å². The van der Waals surface area contributed by atoms with Crippen molar-refractivity contribution < 1.29 is 18.0 Å². The Bertz CT molecular complexity index is 313. The largest absolute Gasteiger partial charge is 0.406 e. The zero-order chi connectivity index (χ0) is 14.6. The number of nitrogens with one attached hydrogen (secondary N) is 1. The summed E-state index contributed by atoms with van der Waals surface area (Å²) in [5, 5.41) is 3.18. The van der Waals surface area contributed by atoms with Crippen molar-refractivity contribution in [3.05, 3.63) is 0 Å². The molecule has 0 aromatic heterocycles. The van der Waals surface area contributed by atoms with Crippen LogP contribution in [0.4, 0.5) is 13.2 Å². The van der Waals surface area contributed by atoms with Gasteiger partial charge in [-0.3, -0.25) is 9.69 Å². The lowest BCUT2D eigenvalue weighted by molar-refractivity contribution is -0.165. The Labute approximate surface area is 124 Å². The van der Waals surface area contributed by atoms with Crippen LogP contribution in [0.1, 0.15) is 20.8 Å². The predicted molar refractivity (Wildman–Crippen MR) is 74.1 cm³/mol. The number of hydrogen-bond donors (Lipinski definition) is 1. The highest BCUT2D eigenvalue weighted by Gasteiger charge is 2.35. The van der Waals surface area contributed by atoms with Gasteiger partial charge in [-0.15, -0.1) is 12.4 Å². The highest BCUT2D eigenvalue weighted by Crippen LogP contribution is 2.18. The molecule has 8 heteroatoms. The first-order valence-corrected chi connectivity index (χ1v) is 6.51. The van der Waals surface area contributed by atoms with Gasteiger partial charge in [-0.1, -0.05) is 0 Å². The number of piperazine rings is 1. The minimum absolute atomic E-state index is 0. The van der Waals surface area contributed by atoms with E-state index < -0.39 is 24.7 Å². The molecular formula is C12H23ClF3N3O. The number of carbonyl (C=O) groups is 1. The normalized spacial score (nSPS) is 20.6. The number of carbonyl (C=O) groups excluding carboxylic acids is 1. The van der Waals surface area contributed by atoms with Gasteiger partial charge in [-0.25, -0.2) is 0 Å². The molecule has 0 unspecified atom stereocenters. The van der Waals surface area contributed by atoms with E-state index in [1.165, 1.54) is 0 Å². The van der Waals surface area contributed by atoms with Crippen molar-refractivity contribution in [1.29, 1.82) is 0 Å². The van der Waals surface area contributed by atoms with Crippen molar-refractivity contribution >= 4 is 18.3 Å². The standard InChI is InChI=1S/C12H22F3N3O.ClH/c1-9(2)18(8-12(13,14)15)11(19)7-17-5-4-16-6-10(17)3;/h9-10,16H,4-8H2,1-3H3;1H/t10-;/m1./s1. The molecule has 20 heavy (non-hydrogen) atoms. The molecule has 1 saturated heterocycles. The van der Waals surface area contributed by atoms with Crippen LogP contribution >= 0.6 is 12.4 Å². The first-order chi connectivity index (χ1) is 8.70. The molecule has 1 N–H and O–H groups in total. The van der Waals surface area contributed by atoms with E-state index in [4.69, 9.17) is 0 Å². The second-order valence-corrected chi connectivity index (χ2v) is 5.25. The van der Waals surface area contributed by atoms with Crippen LogP contribution < -0.4 is 5.32 Å². The van der Waals surface area contributed by atoms with Crippen LogP contribution in [0.2, 0.25) is 0 Å². The van der Waals surface area contributed by atoms with Crippen LogP contribution in [-0.4, -0.2) is 66.7 Å². The maximum atomic E-state index is 12.5. The summed E-state index contributed by atoms with van der Waals surface area (Å²) in [5.74, 6) is -0.457. The van der Waals surface area contributed by atoms with E-state index >= 15 is 0 Å². The first kappa shape index (κ1) is 19.5. The number of nitrogens with zero attached hydrogens (tertiary/aromatic N) is 2. The predicted octanol–water partition coefficient (Wildman–Crippen LogP) is 1.50. The van der Waals surface area contributed by atoms with Gasteiger partial charge in [0, 0.05) is 31.7 Å². The first-order valence-electron chi connectivity index (χ1n) is 6.51. The smallest absolute Gasteiger partial charge is 0.330 e. The summed E-state index contributed by atoms with van der Waals surface area (Å²) >= 11 is 0. The number of amides is 1. The summed E-state index contributed by atoms with van der Waals surface area (Å²) in [5.41, 5.74) is 0. The summed E-state index contributed by atoms with van der Waals surface area (Å²) in [7, 11) is 0. The molecule has 1 atom stereocenters. The van der Waals surface area contributed by atoms with Crippen LogP contribution in [0, 0.1) is 0 Å². The van der Waals surface area contributed by atoms with Crippen molar-refractivity contribution in [2.75, 3.05) is 32.7 Å². The second-order valence-electron chi connectivity index (χ2n) is 5.25. The molecule has 1 rings (SSSR count). The quantitative estimate of drug-likeness (QED) is 0.853. The van der Waals surface area contributed by atoms with Gasteiger partial charge in [0.15, 0.2) is 0 Å². The van der Waals surface area contributed by atoms with Crippen molar-refractivity contribution in [1.82, 2.24) is 15.1 Å². The van der Waals surface area contributed by atoms with E-state index in [2.05, 4.69) is 5.32 Å². The van der Waals surface area contributed by atoms with Gasteiger partial charge in [-0.2, -0.15) is 13.2 Å². The van der Waals surface area contributed by atoms with E-state index in [-0.39, 0.29) is 25.0 Å². The summed E-state index contributed by atoms with van der Waals surface area (Å²) in [4.78, 5) is 14.9. The topological polar surface area (TPSA) is 35.6 Å². The van der Waals surface area contributed by atoms with Crippen molar-refractivity contribution in [2.24, 2.45) is 0 Å². The summed E-state index contributed by atoms with van der Waals surface area (Å²) in [6, 6.07) is -0.287. The molecule has 1 fully saturated rings. The lowest BCUT2D eigenvalue weighted by Crippen LogP contribution is -2.54. The van der Waals surface area contributed by atoms with Gasteiger partial charge in [0.1, 0.15) is 6.54 Å². The van der Waals surface area contributed by atoms with E-state index in [0.717, 1.165) is 18.0 Å². The molecule has 0 aromatic rings. The monoisotopic (exact) mass is 317 g/mol. The number of rotatable bonds is 4. The maximum absolute atomic E-state index is 12.5. The molecular weight excluding hydrogens is 295 g/mol. The molecule has 1 heterocycles. The molecule has 0 spiro atoms. The minimum atomic E-state index is -4.35. The molecule has 0 aliphatic carbocycles. The third kappa shape index (κ3) is 6.28. The fraction of sp³-hybridized carbons (Fsp3) is 0.917. The third-order valence-electron chi connectivity index (χ3n) is 3.27. The average Bonchev–Trinajstić information content (AvgIpc) is 2.27. The number of halogens is 4. The molecule has 4 nitrogen and oxygen atoms in total. The van der Waals surface area contributed by atoms with Gasteiger partial charge in [-0.05, 0) is 20.8 Å². The molecule has 1 amide bonds. The van der Waals surface area contributed by atoms with E-state index in [9.17, 15) is 18.0 Å². The minimum Gasteiger partial charge on any atom is -0.330 e. The van der Waals surface area contributed by atoms with Crippen LogP contribution in [-0.2, 0) is 4.79 Å². The zero-order valence-corrected chi connectivity index (χ0v) is 12.9. The third-order valence-corrected chi connectivity index (χ3v) is 3.27. The Morgan fingerprint density at radius 2 is 2.05 bits per heavy atom. The molecule has 0 saturated carbocycles. The molecule has 1 aliphatic rings. The summed E-state index contributed by atoms with van der Waals surface area (Å²) in [6.45, 7) is 6.25. The second kappa shape index (κ2) is 8.05. The summed E-state index contributed by atoms with van der Waals surface area (Å²) < 4.78 is 37.4. The van der Waals surface area contributed by atoms with E-state index in [1.807, 2.05) is 11.8 Å². The average molecular weight is 318 g/mol. The molecule has 0 aromatic carbocycles. The van der Waals surface area contributed by atoms with Crippen molar-refractivity contribution in [3.63, 3.8) is 0 Å². The Morgan fingerprint density at radius 1 is 1.45 bits per heavy atom. The van der Waals surface area contributed by atoms with E-state index in [0.29, 0.717) is 6.54 Å². The fourth-order valence-corrected chi connectivity index (χ4v) is 2.13. The zero-order valence-electron chi connectivity index (χ0n) is 12.0. The SMILES string of the molecule is CC(C)N(CC(F)(F)F)C(=O)CN1CCNC[C@H]1C.Cl. The Balaban J connectivity index is 0.00000361. The molecule has 1 aliphatic heterocycles. The van der Waals surface area contributed by atoms with Gasteiger partial charge in [0.2, 0.25) is 5.91 Å². The highest BCUT2D eigenvalue weighted by molar-refractivity contribution is 5.85. The van der Waals surface area contributed by atoms with Crippen LogP contribution in [0.3, 0.4) is 0 Å². The van der Waals surface area contributed by atoms with Crippen LogP contribution in [0.15, 0.2) is 0 Å². The van der Waals surface area contributed by atoms with Crippen molar-refractivity contribution in [2.45, 2.75) is 39.0 Å². The van der Waals surface area contributed by atoms with Crippen LogP contribution in [0.25, 0.3) is 0 Å². The van der Waals surface area contributed by atoms with Crippen LogP contribution in [0.5, 0.6) is 0 Å². The summed E-state index contributed by atoms with van der Waals surface area (Å²) in [6.07, 6.45) is -4.35. The fourth-order valence-electron chi connectivity index (χ4n) is 2.13.